The number of hydrogen-bond acceptors (Lipinski definition) is 5. The number of halogens is 3. The van der Waals surface area contributed by atoms with Gasteiger partial charge in [-0.3, -0.25) is 14.8 Å². The Labute approximate surface area is 186 Å². The summed E-state index contributed by atoms with van der Waals surface area (Å²) in [7, 11) is 1.76. The van der Waals surface area contributed by atoms with E-state index in [0.717, 1.165) is 33.8 Å². The maximum Gasteiger partial charge on any atom is 0.280 e. The van der Waals surface area contributed by atoms with Gasteiger partial charge in [-0.1, -0.05) is 6.07 Å². The van der Waals surface area contributed by atoms with Crippen LogP contribution in [-0.2, 0) is 19.5 Å². The topological polar surface area (TPSA) is 62.2 Å². The number of fused-ring (bicyclic) bond motifs is 2. The molecule has 1 amide bonds. The van der Waals surface area contributed by atoms with E-state index in [4.69, 9.17) is 4.98 Å². The number of anilines is 1. The highest BCUT2D eigenvalue weighted by atomic mass is 79.9. The molecule has 6 nitrogen and oxygen atoms in total. The van der Waals surface area contributed by atoms with Crippen molar-refractivity contribution in [3.63, 3.8) is 0 Å². The van der Waals surface area contributed by atoms with Crippen LogP contribution in [0.3, 0.4) is 0 Å². The van der Waals surface area contributed by atoms with Gasteiger partial charge in [0, 0.05) is 55.8 Å². The third-order valence-corrected chi connectivity index (χ3v) is 6.28. The molecule has 31 heavy (non-hydrogen) atoms. The summed E-state index contributed by atoms with van der Waals surface area (Å²) in [6.07, 6.45) is 1.07. The van der Waals surface area contributed by atoms with Gasteiger partial charge in [0.2, 0.25) is 0 Å². The molecule has 3 aromatic heterocycles. The van der Waals surface area contributed by atoms with E-state index in [0.29, 0.717) is 36.2 Å². The molecule has 158 valence electrons. The number of carbonyl (C=O) groups is 1. The van der Waals surface area contributed by atoms with Gasteiger partial charge in [-0.2, -0.15) is 0 Å². The number of hydrogen-bond donors (Lipinski definition) is 0. The van der Waals surface area contributed by atoms with Crippen molar-refractivity contribution >= 4 is 27.7 Å². The van der Waals surface area contributed by atoms with E-state index in [2.05, 4.69) is 30.8 Å². The Balaban J connectivity index is 1.49. The molecular weight excluding hydrogens is 468 g/mol. The lowest BCUT2D eigenvalue weighted by Gasteiger charge is -2.30. The lowest BCUT2D eigenvalue weighted by atomic mass is 9.99. The normalized spacial score (nSPS) is 15.5. The molecule has 3 aromatic rings. The first-order valence-electron chi connectivity index (χ1n) is 9.83. The molecule has 0 saturated carbocycles. The van der Waals surface area contributed by atoms with E-state index in [9.17, 15) is 13.6 Å². The van der Waals surface area contributed by atoms with Gasteiger partial charge in [0.15, 0.2) is 0 Å². The standard InChI is InChI=1S/C22H18BrF2N5O/c1-29-11-18-15(22(29)31)8-16(23)21(28-18)30-6-4-17-13(10-30)7-12(9-27-17)14-3-2-5-26-19(14)20(24)25/h2-3,5,7-9,20H,4,6,10-11H2,1H3. The van der Waals surface area contributed by atoms with Crippen molar-refractivity contribution in [3.8, 4) is 11.1 Å². The first-order valence-corrected chi connectivity index (χ1v) is 10.6. The molecule has 9 heteroatoms. The molecule has 0 bridgehead atoms. The molecule has 0 spiro atoms. The lowest BCUT2D eigenvalue weighted by molar-refractivity contribution is 0.0816. The van der Waals surface area contributed by atoms with Crippen LogP contribution in [-0.4, -0.2) is 39.4 Å². The highest BCUT2D eigenvalue weighted by Crippen LogP contribution is 2.35. The number of alkyl halides is 2. The zero-order chi connectivity index (χ0) is 21.7. The minimum absolute atomic E-state index is 0.0288. The van der Waals surface area contributed by atoms with Crippen LogP contribution in [0.4, 0.5) is 14.6 Å². The Morgan fingerprint density at radius 1 is 1.13 bits per heavy atom. The van der Waals surface area contributed by atoms with E-state index in [1.165, 1.54) is 6.20 Å². The summed E-state index contributed by atoms with van der Waals surface area (Å²) in [5, 5.41) is 0. The smallest absolute Gasteiger partial charge is 0.280 e. The van der Waals surface area contributed by atoms with Gasteiger partial charge >= 0.3 is 0 Å². The fourth-order valence-corrected chi connectivity index (χ4v) is 4.70. The van der Waals surface area contributed by atoms with Gasteiger partial charge in [0.05, 0.1) is 22.3 Å². The number of rotatable bonds is 3. The molecule has 0 N–H and O–H groups in total. The van der Waals surface area contributed by atoms with Crippen molar-refractivity contribution in [2.75, 3.05) is 18.5 Å². The van der Waals surface area contributed by atoms with Crippen LogP contribution in [0.15, 0.2) is 41.1 Å². The summed E-state index contributed by atoms with van der Waals surface area (Å²) in [5.41, 5.74) is 4.08. The second-order valence-corrected chi connectivity index (χ2v) is 8.54. The monoisotopic (exact) mass is 485 g/mol. The SMILES string of the molecule is CN1Cc2nc(N3CCc4ncc(-c5cccnc5C(F)F)cc4C3)c(Br)cc2C1=O. The zero-order valence-corrected chi connectivity index (χ0v) is 18.2. The molecular formula is C22H18BrF2N5O. The average molecular weight is 486 g/mol. The molecule has 0 saturated heterocycles. The molecule has 5 rings (SSSR count). The van der Waals surface area contributed by atoms with Crippen LogP contribution < -0.4 is 4.90 Å². The quantitative estimate of drug-likeness (QED) is 0.550. The molecule has 0 aliphatic carbocycles. The Morgan fingerprint density at radius 3 is 2.77 bits per heavy atom. The van der Waals surface area contributed by atoms with E-state index in [-0.39, 0.29) is 11.6 Å². The molecule has 0 unspecified atom stereocenters. The van der Waals surface area contributed by atoms with Crippen LogP contribution in [0, 0.1) is 0 Å². The predicted octanol–water partition coefficient (Wildman–Crippen LogP) is 4.39. The number of pyridine rings is 3. The maximum absolute atomic E-state index is 13.4. The summed E-state index contributed by atoms with van der Waals surface area (Å²) in [5.74, 6) is 0.742. The van der Waals surface area contributed by atoms with Crippen molar-refractivity contribution in [1.29, 1.82) is 0 Å². The van der Waals surface area contributed by atoms with Gasteiger partial charge in [-0.25, -0.2) is 13.8 Å². The molecule has 5 heterocycles. The zero-order valence-electron chi connectivity index (χ0n) is 16.6. The molecule has 0 fully saturated rings. The lowest BCUT2D eigenvalue weighted by Crippen LogP contribution is -2.32. The van der Waals surface area contributed by atoms with Gasteiger partial charge in [-0.05, 0) is 39.7 Å². The predicted molar refractivity (Wildman–Crippen MR) is 115 cm³/mol. The van der Waals surface area contributed by atoms with Crippen LogP contribution in [0.25, 0.3) is 11.1 Å². The Morgan fingerprint density at radius 2 is 1.97 bits per heavy atom. The Bertz CT molecular complexity index is 1200. The molecule has 2 aliphatic rings. The van der Waals surface area contributed by atoms with Crippen LogP contribution in [0.5, 0.6) is 0 Å². The third kappa shape index (κ3) is 3.46. The van der Waals surface area contributed by atoms with Crippen LogP contribution in [0.1, 0.15) is 39.4 Å². The largest absolute Gasteiger partial charge is 0.351 e. The van der Waals surface area contributed by atoms with Crippen molar-refractivity contribution in [1.82, 2.24) is 19.9 Å². The Hall–Kier alpha value is -2.94. The summed E-state index contributed by atoms with van der Waals surface area (Å²) in [6.45, 7) is 1.76. The fraction of sp³-hybridized carbons (Fsp3) is 0.273. The van der Waals surface area contributed by atoms with Crippen molar-refractivity contribution < 1.29 is 13.6 Å². The third-order valence-electron chi connectivity index (χ3n) is 5.70. The summed E-state index contributed by atoms with van der Waals surface area (Å²) in [4.78, 5) is 29.1. The summed E-state index contributed by atoms with van der Waals surface area (Å²) >= 11 is 3.57. The van der Waals surface area contributed by atoms with E-state index in [1.807, 2.05) is 12.1 Å². The van der Waals surface area contributed by atoms with Crippen molar-refractivity contribution in [2.24, 2.45) is 0 Å². The fourth-order valence-electron chi connectivity index (χ4n) is 4.14. The summed E-state index contributed by atoms with van der Waals surface area (Å²) in [6, 6.07) is 7.04. The van der Waals surface area contributed by atoms with E-state index >= 15 is 0 Å². The van der Waals surface area contributed by atoms with Gasteiger partial charge < -0.3 is 9.80 Å². The minimum Gasteiger partial charge on any atom is -0.351 e. The molecule has 0 atom stereocenters. The second-order valence-electron chi connectivity index (χ2n) is 7.69. The van der Waals surface area contributed by atoms with Crippen LogP contribution in [0.2, 0.25) is 0 Å². The molecule has 0 aromatic carbocycles. The Kier molecular flexibility index (Phi) is 4.92. The van der Waals surface area contributed by atoms with Gasteiger partial charge in [-0.15, -0.1) is 0 Å². The number of amides is 1. The van der Waals surface area contributed by atoms with Crippen LogP contribution >= 0.6 is 15.9 Å². The highest BCUT2D eigenvalue weighted by molar-refractivity contribution is 9.10. The van der Waals surface area contributed by atoms with Crippen molar-refractivity contribution in [2.45, 2.75) is 25.9 Å². The first-order chi connectivity index (χ1) is 14.9. The second kappa shape index (κ2) is 7.64. The average Bonchev–Trinajstić information content (AvgIpc) is 3.05. The number of nitrogens with zero attached hydrogens (tertiary/aromatic N) is 5. The van der Waals surface area contributed by atoms with Crippen molar-refractivity contribution in [3.05, 3.63) is 69.3 Å². The maximum atomic E-state index is 13.4. The minimum atomic E-state index is -2.66. The highest BCUT2D eigenvalue weighted by Gasteiger charge is 2.29. The van der Waals surface area contributed by atoms with Gasteiger partial charge in [0.1, 0.15) is 11.5 Å². The number of aromatic nitrogens is 3. The van der Waals surface area contributed by atoms with E-state index < -0.39 is 6.43 Å². The first kappa shape index (κ1) is 20.0. The summed E-state index contributed by atoms with van der Waals surface area (Å²) < 4.78 is 27.6. The number of carbonyl (C=O) groups excluding carboxylic acids is 1. The van der Waals surface area contributed by atoms with E-state index in [1.54, 1.807) is 30.3 Å². The molecule has 2 aliphatic heterocycles. The van der Waals surface area contributed by atoms with Gasteiger partial charge in [0.25, 0.3) is 12.3 Å². The molecule has 0 radical (unpaired) electrons.